The molecule has 0 fully saturated rings. The molecule has 0 radical (unpaired) electrons. The summed E-state index contributed by atoms with van der Waals surface area (Å²) in [5.74, 6) is -1.36. The standard InChI is InChI=1S/C11H19N3O3/c1-2-3-9(4-7-15)8-14-11(17)10(16)13-6-5-12/h9,15H,2-4,6-8H2,1H3,(H,13,16)(H,14,17). The largest absolute Gasteiger partial charge is 0.396 e. The topological polar surface area (TPSA) is 102 Å². The first-order valence-corrected chi connectivity index (χ1v) is 5.69. The van der Waals surface area contributed by atoms with Gasteiger partial charge in [-0.3, -0.25) is 9.59 Å². The number of amides is 2. The fourth-order valence-corrected chi connectivity index (χ4v) is 1.46. The molecule has 1 unspecified atom stereocenters. The number of hydrogen-bond donors (Lipinski definition) is 3. The van der Waals surface area contributed by atoms with E-state index in [0.717, 1.165) is 12.8 Å². The van der Waals surface area contributed by atoms with Crippen molar-refractivity contribution in [3.63, 3.8) is 0 Å². The van der Waals surface area contributed by atoms with E-state index in [4.69, 9.17) is 10.4 Å². The Bertz CT molecular complexity index is 280. The van der Waals surface area contributed by atoms with Crippen molar-refractivity contribution in [3.8, 4) is 6.07 Å². The molecule has 0 rings (SSSR count). The van der Waals surface area contributed by atoms with Crippen molar-refractivity contribution >= 4 is 11.8 Å². The van der Waals surface area contributed by atoms with Crippen molar-refractivity contribution in [2.24, 2.45) is 5.92 Å². The Morgan fingerprint density at radius 2 is 1.94 bits per heavy atom. The molecule has 96 valence electrons. The quantitative estimate of drug-likeness (QED) is 0.414. The summed E-state index contributed by atoms with van der Waals surface area (Å²) in [7, 11) is 0. The zero-order chi connectivity index (χ0) is 13.1. The summed E-state index contributed by atoms with van der Waals surface area (Å²) < 4.78 is 0. The lowest BCUT2D eigenvalue weighted by molar-refractivity contribution is -0.139. The van der Waals surface area contributed by atoms with Gasteiger partial charge in [-0.1, -0.05) is 13.3 Å². The lowest BCUT2D eigenvalue weighted by Crippen LogP contribution is -2.41. The summed E-state index contributed by atoms with van der Waals surface area (Å²) in [6, 6.07) is 1.71. The molecule has 0 aliphatic rings. The highest BCUT2D eigenvalue weighted by Crippen LogP contribution is 2.08. The second-order valence-electron chi connectivity index (χ2n) is 3.72. The number of hydrogen-bond acceptors (Lipinski definition) is 4. The number of aliphatic hydroxyl groups is 1. The van der Waals surface area contributed by atoms with Crippen LogP contribution < -0.4 is 10.6 Å². The molecule has 0 aromatic rings. The summed E-state index contributed by atoms with van der Waals surface area (Å²) in [5, 5.41) is 21.7. The van der Waals surface area contributed by atoms with Gasteiger partial charge in [0.15, 0.2) is 0 Å². The Kier molecular flexibility index (Phi) is 8.69. The van der Waals surface area contributed by atoms with E-state index in [1.165, 1.54) is 0 Å². The van der Waals surface area contributed by atoms with Gasteiger partial charge in [-0.25, -0.2) is 0 Å². The predicted molar refractivity (Wildman–Crippen MR) is 61.7 cm³/mol. The molecule has 0 saturated heterocycles. The highest BCUT2D eigenvalue weighted by atomic mass is 16.3. The van der Waals surface area contributed by atoms with E-state index in [0.29, 0.717) is 13.0 Å². The van der Waals surface area contributed by atoms with Gasteiger partial charge in [0.2, 0.25) is 0 Å². The van der Waals surface area contributed by atoms with Gasteiger partial charge in [0.25, 0.3) is 0 Å². The fraction of sp³-hybridized carbons (Fsp3) is 0.727. The minimum absolute atomic E-state index is 0.0706. The van der Waals surface area contributed by atoms with Crippen LogP contribution in [0.3, 0.4) is 0 Å². The van der Waals surface area contributed by atoms with E-state index in [9.17, 15) is 9.59 Å². The highest BCUT2D eigenvalue weighted by Gasteiger charge is 2.14. The van der Waals surface area contributed by atoms with Crippen LogP contribution in [0.15, 0.2) is 0 Å². The number of carbonyl (C=O) groups excluding carboxylic acids is 2. The normalized spacial score (nSPS) is 11.4. The molecule has 3 N–H and O–H groups in total. The summed E-state index contributed by atoms with van der Waals surface area (Å²) in [6.45, 7) is 2.28. The van der Waals surface area contributed by atoms with E-state index in [1.807, 2.05) is 6.92 Å². The molecular weight excluding hydrogens is 222 g/mol. The monoisotopic (exact) mass is 241 g/mol. The molecule has 0 aliphatic heterocycles. The van der Waals surface area contributed by atoms with Crippen LogP contribution >= 0.6 is 0 Å². The molecule has 0 bridgehead atoms. The van der Waals surface area contributed by atoms with Crippen molar-refractivity contribution < 1.29 is 14.7 Å². The minimum atomic E-state index is -0.800. The van der Waals surface area contributed by atoms with Gasteiger partial charge in [-0.05, 0) is 18.8 Å². The summed E-state index contributed by atoms with van der Waals surface area (Å²) in [4.78, 5) is 22.4. The first kappa shape index (κ1) is 15.4. The Hall–Kier alpha value is -1.61. The molecule has 0 spiro atoms. The maximum Gasteiger partial charge on any atom is 0.310 e. The lowest BCUT2D eigenvalue weighted by Gasteiger charge is -2.15. The smallest absolute Gasteiger partial charge is 0.310 e. The molecule has 0 aromatic heterocycles. The number of rotatable bonds is 7. The number of nitrogens with one attached hydrogen (secondary N) is 2. The Labute approximate surface area is 101 Å². The first-order valence-electron chi connectivity index (χ1n) is 5.69. The van der Waals surface area contributed by atoms with Gasteiger partial charge >= 0.3 is 11.8 Å². The third kappa shape index (κ3) is 7.30. The third-order valence-electron chi connectivity index (χ3n) is 2.32. The molecule has 0 saturated carbocycles. The van der Waals surface area contributed by atoms with Gasteiger partial charge in [-0.2, -0.15) is 5.26 Å². The van der Waals surface area contributed by atoms with Crippen molar-refractivity contribution in [1.29, 1.82) is 5.26 Å². The minimum Gasteiger partial charge on any atom is -0.396 e. The zero-order valence-electron chi connectivity index (χ0n) is 10.0. The van der Waals surface area contributed by atoms with Crippen LogP contribution in [-0.2, 0) is 9.59 Å². The number of nitriles is 1. The third-order valence-corrected chi connectivity index (χ3v) is 2.32. The molecule has 17 heavy (non-hydrogen) atoms. The Morgan fingerprint density at radius 1 is 1.29 bits per heavy atom. The van der Waals surface area contributed by atoms with Crippen LogP contribution in [0.5, 0.6) is 0 Å². The number of nitrogens with zero attached hydrogens (tertiary/aromatic N) is 1. The van der Waals surface area contributed by atoms with Crippen LogP contribution in [0.2, 0.25) is 0 Å². The second kappa shape index (κ2) is 9.60. The van der Waals surface area contributed by atoms with Gasteiger partial charge < -0.3 is 15.7 Å². The first-order chi connectivity index (χ1) is 8.15. The molecule has 0 aromatic carbocycles. The van der Waals surface area contributed by atoms with Crippen LogP contribution in [-0.4, -0.2) is 36.6 Å². The highest BCUT2D eigenvalue weighted by molar-refractivity contribution is 6.35. The molecule has 6 heteroatoms. The average molecular weight is 241 g/mol. The molecule has 1 atom stereocenters. The Balaban J connectivity index is 3.94. The van der Waals surface area contributed by atoms with E-state index in [1.54, 1.807) is 6.07 Å². The molecule has 6 nitrogen and oxygen atoms in total. The predicted octanol–water partition coefficient (Wildman–Crippen LogP) is -0.459. The van der Waals surface area contributed by atoms with Crippen LogP contribution in [0.4, 0.5) is 0 Å². The SMILES string of the molecule is CCCC(CCO)CNC(=O)C(=O)NCC#N. The fourth-order valence-electron chi connectivity index (χ4n) is 1.46. The van der Waals surface area contributed by atoms with Crippen molar-refractivity contribution in [1.82, 2.24) is 10.6 Å². The summed E-state index contributed by atoms with van der Waals surface area (Å²) in [5.41, 5.74) is 0. The van der Waals surface area contributed by atoms with Crippen LogP contribution in [0.1, 0.15) is 26.2 Å². The van der Waals surface area contributed by atoms with Gasteiger partial charge in [-0.15, -0.1) is 0 Å². The van der Waals surface area contributed by atoms with Gasteiger partial charge in [0.1, 0.15) is 6.54 Å². The van der Waals surface area contributed by atoms with Crippen molar-refractivity contribution in [2.75, 3.05) is 19.7 Å². The van der Waals surface area contributed by atoms with Crippen LogP contribution in [0.25, 0.3) is 0 Å². The average Bonchev–Trinajstić information content (AvgIpc) is 2.33. The van der Waals surface area contributed by atoms with Gasteiger partial charge in [0.05, 0.1) is 6.07 Å². The van der Waals surface area contributed by atoms with E-state index < -0.39 is 11.8 Å². The number of aliphatic hydroxyl groups excluding tert-OH is 1. The van der Waals surface area contributed by atoms with Gasteiger partial charge in [0, 0.05) is 13.2 Å². The molecule has 0 heterocycles. The van der Waals surface area contributed by atoms with E-state index in [-0.39, 0.29) is 19.1 Å². The zero-order valence-corrected chi connectivity index (χ0v) is 10.0. The summed E-state index contributed by atoms with van der Waals surface area (Å²) in [6.07, 6.45) is 2.45. The molecular formula is C11H19N3O3. The maximum atomic E-state index is 11.3. The molecule has 0 aliphatic carbocycles. The molecule has 2 amide bonds. The van der Waals surface area contributed by atoms with Crippen molar-refractivity contribution in [2.45, 2.75) is 26.2 Å². The Morgan fingerprint density at radius 3 is 2.47 bits per heavy atom. The maximum absolute atomic E-state index is 11.3. The number of carbonyl (C=O) groups is 2. The second-order valence-corrected chi connectivity index (χ2v) is 3.72. The lowest BCUT2D eigenvalue weighted by atomic mass is 10.0. The van der Waals surface area contributed by atoms with Crippen molar-refractivity contribution in [3.05, 3.63) is 0 Å². The summed E-state index contributed by atoms with van der Waals surface area (Å²) >= 11 is 0. The van der Waals surface area contributed by atoms with Crippen LogP contribution in [0, 0.1) is 17.2 Å². The van der Waals surface area contributed by atoms with E-state index >= 15 is 0 Å². The van der Waals surface area contributed by atoms with E-state index in [2.05, 4.69) is 10.6 Å².